The standard InChI is InChI=1S/C10H10O3.Ca.Na.3H/c1-2-9(11)13-10(12)8-6-4-3-5-7-8;;;;;/h3-7H,2H2,1H3;;;;;. The maximum absolute atomic E-state index is 11.2. The number of ether oxygens (including phenoxy) is 1. The first-order valence-electron chi connectivity index (χ1n) is 4.04. The van der Waals surface area contributed by atoms with Crippen LogP contribution in [-0.2, 0) is 9.53 Å². The number of rotatable bonds is 2. The van der Waals surface area contributed by atoms with Gasteiger partial charge in [-0.05, 0) is 12.1 Å². The molecular weight excluding hydrogens is 231 g/mol. The molecule has 0 aliphatic rings. The maximum atomic E-state index is 11.2. The van der Waals surface area contributed by atoms with E-state index < -0.39 is 11.9 Å². The quantitative estimate of drug-likeness (QED) is 0.424. The van der Waals surface area contributed by atoms with E-state index in [1.807, 2.05) is 0 Å². The predicted octanol–water partition coefficient (Wildman–Crippen LogP) is 0.215. The molecule has 0 radical (unpaired) electrons. The zero-order chi connectivity index (χ0) is 9.68. The summed E-state index contributed by atoms with van der Waals surface area (Å²) in [4.78, 5) is 21.9. The van der Waals surface area contributed by atoms with Crippen molar-refractivity contribution in [3.63, 3.8) is 0 Å². The molecule has 0 spiro atoms. The molecule has 1 aromatic carbocycles. The monoisotopic (exact) mass is 244 g/mol. The van der Waals surface area contributed by atoms with Crippen LogP contribution in [0, 0.1) is 0 Å². The minimum absolute atomic E-state index is 0. The molecule has 0 aliphatic carbocycles. The van der Waals surface area contributed by atoms with Crippen molar-refractivity contribution in [3.8, 4) is 0 Å². The molecule has 0 unspecified atom stereocenters. The van der Waals surface area contributed by atoms with Crippen LogP contribution in [0.5, 0.6) is 0 Å². The number of benzene rings is 1. The Morgan fingerprint density at radius 3 is 2.20 bits per heavy atom. The van der Waals surface area contributed by atoms with E-state index in [0.717, 1.165) is 0 Å². The van der Waals surface area contributed by atoms with E-state index in [0.29, 0.717) is 5.56 Å². The zero-order valence-corrected chi connectivity index (χ0v) is 7.32. The molecule has 74 valence electrons. The predicted molar refractivity (Wildman–Crippen MR) is 62.8 cm³/mol. The molecular formula is C10H13CaNaO3. The molecule has 5 heteroatoms. The van der Waals surface area contributed by atoms with E-state index in [1.165, 1.54) is 0 Å². The molecule has 0 fully saturated rings. The SMILES string of the molecule is CCC(=O)OC(=O)c1ccccc1.[CaH2].[NaH]. The van der Waals surface area contributed by atoms with E-state index in [1.54, 1.807) is 37.3 Å². The topological polar surface area (TPSA) is 43.4 Å². The Morgan fingerprint density at radius 2 is 1.73 bits per heavy atom. The van der Waals surface area contributed by atoms with Crippen molar-refractivity contribution in [2.24, 2.45) is 0 Å². The molecule has 0 bridgehead atoms. The molecule has 0 atom stereocenters. The van der Waals surface area contributed by atoms with Gasteiger partial charge in [0, 0.05) is 6.42 Å². The molecule has 0 saturated heterocycles. The molecule has 3 nitrogen and oxygen atoms in total. The second-order valence-electron chi connectivity index (χ2n) is 2.48. The average molecular weight is 244 g/mol. The summed E-state index contributed by atoms with van der Waals surface area (Å²) in [5.41, 5.74) is 0.393. The molecule has 0 heterocycles. The summed E-state index contributed by atoms with van der Waals surface area (Å²) in [5.74, 6) is -1.10. The van der Waals surface area contributed by atoms with Crippen LogP contribution in [0.2, 0.25) is 0 Å². The van der Waals surface area contributed by atoms with Crippen LogP contribution in [-0.4, -0.2) is 79.2 Å². The van der Waals surface area contributed by atoms with Crippen molar-refractivity contribution in [2.45, 2.75) is 13.3 Å². The van der Waals surface area contributed by atoms with Crippen LogP contribution in [0.25, 0.3) is 0 Å². The number of esters is 2. The molecule has 0 saturated carbocycles. The van der Waals surface area contributed by atoms with E-state index in [4.69, 9.17) is 0 Å². The van der Waals surface area contributed by atoms with Gasteiger partial charge in [0.2, 0.25) is 0 Å². The van der Waals surface area contributed by atoms with Gasteiger partial charge in [0.25, 0.3) is 0 Å². The number of carbonyl (C=O) groups is 2. The van der Waals surface area contributed by atoms with E-state index >= 15 is 0 Å². The molecule has 1 rings (SSSR count). The van der Waals surface area contributed by atoms with E-state index in [2.05, 4.69) is 4.74 Å². The Labute approximate surface area is 141 Å². The molecule has 15 heavy (non-hydrogen) atoms. The van der Waals surface area contributed by atoms with E-state index in [9.17, 15) is 9.59 Å². The Kier molecular flexibility index (Phi) is 11.8. The van der Waals surface area contributed by atoms with Gasteiger partial charge in [-0.2, -0.15) is 0 Å². The van der Waals surface area contributed by atoms with Crippen molar-refractivity contribution in [2.75, 3.05) is 0 Å². The third-order valence-corrected chi connectivity index (χ3v) is 1.50. The van der Waals surface area contributed by atoms with Gasteiger partial charge >= 0.3 is 79.2 Å². The van der Waals surface area contributed by atoms with E-state index in [-0.39, 0.29) is 73.7 Å². The molecule has 0 amide bonds. The first-order valence-corrected chi connectivity index (χ1v) is 4.04. The minimum atomic E-state index is -0.590. The summed E-state index contributed by atoms with van der Waals surface area (Å²) >= 11 is 0. The molecule has 1 aromatic rings. The van der Waals surface area contributed by atoms with Gasteiger partial charge in [0.15, 0.2) is 0 Å². The third kappa shape index (κ3) is 6.72. The van der Waals surface area contributed by atoms with Crippen LogP contribution in [0.15, 0.2) is 30.3 Å². The average Bonchev–Trinajstić information content (AvgIpc) is 2.19. The number of hydrogen-bond acceptors (Lipinski definition) is 3. The summed E-state index contributed by atoms with van der Waals surface area (Å²) in [6, 6.07) is 8.43. The number of carbonyl (C=O) groups excluding carboxylic acids is 2. The molecule has 0 aliphatic heterocycles. The van der Waals surface area contributed by atoms with Gasteiger partial charge in [0.05, 0.1) is 5.56 Å². The van der Waals surface area contributed by atoms with Crippen LogP contribution in [0.3, 0.4) is 0 Å². The summed E-state index contributed by atoms with van der Waals surface area (Å²) < 4.78 is 4.51. The van der Waals surface area contributed by atoms with Gasteiger partial charge in [-0.25, -0.2) is 4.79 Å². The third-order valence-electron chi connectivity index (χ3n) is 1.50. The van der Waals surface area contributed by atoms with Crippen LogP contribution < -0.4 is 0 Å². The van der Waals surface area contributed by atoms with Gasteiger partial charge in [0.1, 0.15) is 0 Å². The normalized spacial score (nSPS) is 8.07. The Balaban J connectivity index is 0. The zero-order valence-electron chi connectivity index (χ0n) is 7.32. The first kappa shape index (κ1) is 18.0. The summed E-state index contributed by atoms with van der Waals surface area (Å²) in [5, 5.41) is 0. The second-order valence-corrected chi connectivity index (χ2v) is 2.48. The van der Waals surface area contributed by atoms with Crippen LogP contribution in [0.1, 0.15) is 23.7 Å². The summed E-state index contributed by atoms with van der Waals surface area (Å²) in [7, 11) is 0. The Morgan fingerprint density at radius 1 is 1.20 bits per heavy atom. The Hall–Kier alpha value is 0.620. The van der Waals surface area contributed by atoms with Crippen molar-refractivity contribution in [1.29, 1.82) is 0 Å². The van der Waals surface area contributed by atoms with Crippen LogP contribution >= 0.6 is 0 Å². The van der Waals surface area contributed by atoms with Crippen molar-refractivity contribution in [3.05, 3.63) is 35.9 Å². The van der Waals surface area contributed by atoms with Crippen LogP contribution in [0.4, 0.5) is 0 Å². The summed E-state index contributed by atoms with van der Waals surface area (Å²) in [6.45, 7) is 1.64. The van der Waals surface area contributed by atoms with Gasteiger partial charge in [-0.1, -0.05) is 25.1 Å². The fourth-order valence-electron chi connectivity index (χ4n) is 0.809. The fourth-order valence-corrected chi connectivity index (χ4v) is 0.809. The Bertz CT molecular complexity index is 314. The van der Waals surface area contributed by atoms with Gasteiger partial charge in [-0.3, -0.25) is 4.79 Å². The second kappa shape index (κ2) is 9.82. The van der Waals surface area contributed by atoms with Crippen molar-refractivity contribution >= 4 is 79.2 Å². The fraction of sp³-hybridized carbons (Fsp3) is 0.200. The summed E-state index contributed by atoms with van der Waals surface area (Å²) in [6.07, 6.45) is 0.207. The number of hydrogen-bond donors (Lipinski definition) is 0. The molecule has 0 aromatic heterocycles. The van der Waals surface area contributed by atoms with Gasteiger partial charge in [-0.15, -0.1) is 0 Å². The first-order chi connectivity index (χ1) is 6.24. The molecule has 0 N–H and O–H groups in total. The van der Waals surface area contributed by atoms with Crippen molar-refractivity contribution < 1.29 is 14.3 Å². The van der Waals surface area contributed by atoms with Crippen molar-refractivity contribution in [1.82, 2.24) is 0 Å². The van der Waals surface area contributed by atoms with Gasteiger partial charge < -0.3 is 4.74 Å².